The predicted octanol–water partition coefficient (Wildman–Crippen LogP) is 4.08. The van der Waals surface area contributed by atoms with Crippen molar-refractivity contribution in [3.63, 3.8) is 0 Å². The van der Waals surface area contributed by atoms with Gasteiger partial charge in [-0.15, -0.1) is 0 Å². The first-order valence-electron chi connectivity index (χ1n) is 8.47. The number of aryl methyl sites for hydroxylation is 4. The van der Waals surface area contributed by atoms with Crippen LogP contribution >= 0.6 is 0 Å². The summed E-state index contributed by atoms with van der Waals surface area (Å²) in [6, 6.07) is 14.2. The van der Waals surface area contributed by atoms with Gasteiger partial charge >= 0.3 is 0 Å². The highest BCUT2D eigenvalue weighted by Crippen LogP contribution is 2.22. The number of hydrogen-bond donors (Lipinski definition) is 0. The van der Waals surface area contributed by atoms with Gasteiger partial charge in [0.25, 0.3) is 0 Å². The highest BCUT2D eigenvalue weighted by molar-refractivity contribution is 6.91. The normalized spacial score (nSPS) is 14.2. The fourth-order valence-electron chi connectivity index (χ4n) is 3.89. The van der Waals surface area contributed by atoms with Gasteiger partial charge in [0.2, 0.25) is 0 Å². The van der Waals surface area contributed by atoms with Gasteiger partial charge in [-0.2, -0.15) is 0 Å². The SMILES string of the molecule is CC1=CCC=C1[SiH](c1cc(C)cc(C)c1)c1cc(C)cc(C)c1. The molecular formula is C22H26Si. The highest BCUT2D eigenvalue weighted by atomic mass is 28.3. The molecule has 2 aromatic rings. The van der Waals surface area contributed by atoms with Crippen LogP contribution in [0.5, 0.6) is 0 Å². The largest absolute Gasteiger partial charge is 0.132 e. The van der Waals surface area contributed by atoms with Crippen molar-refractivity contribution < 1.29 is 0 Å². The minimum absolute atomic E-state index is 1.10. The molecular weight excluding hydrogens is 292 g/mol. The molecule has 1 aliphatic carbocycles. The van der Waals surface area contributed by atoms with E-state index in [1.165, 1.54) is 27.8 Å². The maximum absolute atomic E-state index is 2.46. The number of benzene rings is 2. The van der Waals surface area contributed by atoms with E-state index in [2.05, 4.69) is 83.2 Å². The Morgan fingerprint density at radius 2 is 1.04 bits per heavy atom. The van der Waals surface area contributed by atoms with Gasteiger partial charge in [0.15, 0.2) is 0 Å². The quantitative estimate of drug-likeness (QED) is 0.748. The first kappa shape index (κ1) is 16.0. The molecule has 1 heteroatoms. The molecule has 0 saturated heterocycles. The lowest BCUT2D eigenvalue weighted by Gasteiger charge is -2.21. The topological polar surface area (TPSA) is 0 Å². The van der Waals surface area contributed by atoms with Gasteiger partial charge in [-0.3, -0.25) is 0 Å². The zero-order valence-corrected chi connectivity index (χ0v) is 16.1. The molecule has 23 heavy (non-hydrogen) atoms. The molecule has 0 bridgehead atoms. The summed E-state index contributed by atoms with van der Waals surface area (Å²) in [6.45, 7) is 11.2. The number of hydrogen-bond acceptors (Lipinski definition) is 0. The molecule has 0 aliphatic heterocycles. The third kappa shape index (κ3) is 3.40. The molecule has 0 nitrogen and oxygen atoms in total. The van der Waals surface area contributed by atoms with E-state index < -0.39 is 8.80 Å². The van der Waals surface area contributed by atoms with E-state index in [4.69, 9.17) is 0 Å². The second kappa shape index (κ2) is 6.33. The molecule has 2 aromatic carbocycles. The predicted molar refractivity (Wildman–Crippen MR) is 105 cm³/mol. The molecule has 0 amide bonds. The smallest absolute Gasteiger partial charge is 0.0807 e. The van der Waals surface area contributed by atoms with Gasteiger partial charge in [0.1, 0.15) is 8.80 Å². The number of allylic oxidation sites excluding steroid dienone is 4. The van der Waals surface area contributed by atoms with E-state index in [1.54, 1.807) is 15.6 Å². The van der Waals surface area contributed by atoms with E-state index in [0.29, 0.717) is 0 Å². The van der Waals surface area contributed by atoms with Crippen LogP contribution in [-0.4, -0.2) is 8.80 Å². The second-order valence-electron chi connectivity index (χ2n) is 7.06. The molecule has 0 N–H and O–H groups in total. The van der Waals surface area contributed by atoms with Crippen LogP contribution in [0.4, 0.5) is 0 Å². The Balaban J connectivity index is 2.20. The fraction of sp³-hybridized carbons (Fsp3) is 0.273. The average molecular weight is 319 g/mol. The van der Waals surface area contributed by atoms with Crippen LogP contribution < -0.4 is 10.4 Å². The van der Waals surface area contributed by atoms with E-state index in [1.807, 2.05) is 0 Å². The summed E-state index contributed by atoms with van der Waals surface area (Å²) in [5.41, 5.74) is 6.99. The molecule has 1 aliphatic rings. The first-order chi connectivity index (χ1) is 10.9. The molecule has 0 heterocycles. The minimum atomic E-state index is -1.38. The molecule has 0 spiro atoms. The summed E-state index contributed by atoms with van der Waals surface area (Å²) in [7, 11) is -1.38. The zero-order valence-electron chi connectivity index (χ0n) is 14.9. The molecule has 0 atom stereocenters. The van der Waals surface area contributed by atoms with Gasteiger partial charge in [0, 0.05) is 0 Å². The van der Waals surface area contributed by atoms with Crippen molar-refractivity contribution >= 4 is 19.2 Å². The van der Waals surface area contributed by atoms with Crippen molar-refractivity contribution in [1.29, 1.82) is 0 Å². The van der Waals surface area contributed by atoms with Crippen molar-refractivity contribution in [2.24, 2.45) is 0 Å². The van der Waals surface area contributed by atoms with Gasteiger partial charge in [-0.05, 0) is 41.0 Å². The minimum Gasteiger partial charge on any atom is -0.0807 e. The summed E-state index contributed by atoms with van der Waals surface area (Å²) >= 11 is 0. The van der Waals surface area contributed by atoms with E-state index >= 15 is 0 Å². The third-order valence-corrected chi connectivity index (χ3v) is 8.00. The lowest BCUT2D eigenvalue weighted by molar-refractivity contribution is 1.39. The van der Waals surface area contributed by atoms with E-state index in [0.717, 1.165) is 6.42 Å². The highest BCUT2D eigenvalue weighted by Gasteiger charge is 2.24. The molecule has 0 saturated carbocycles. The van der Waals surface area contributed by atoms with Crippen LogP contribution in [0, 0.1) is 27.7 Å². The van der Waals surface area contributed by atoms with Crippen LogP contribution in [0.25, 0.3) is 0 Å². The maximum Gasteiger partial charge on any atom is 0.132 e. The Morgan fingerprint density at radius 1 is 0.609 bits per heavy atom. The summed E-state index contributed by atoms with van der Waals surface area (Å²) in [5.74, 6) is 0. The zero-order chi connectivity index (χ0) is 16.6. The molecule has 0 unspecified atom stereocenters. The molecule has 3 rings (SSSR count). The maximum atomic E-state index is 2.46. The first-order valence-corrected chi connectivity index (χ1v) is 10.2. The lowest BCUT2D eigenvalue weighted by Crippen LogP contribution is -2.45. The molecule has 0 aromatic heterocycles. The number of rotatable bonds is 3. The van der Waals surface area contributed by atoms with E-state index in [9.17, 15) is 0 Å². The standard InChI is InChI=1S/C22H26Si/c1-15-9-16(2)12-20(11-15)23(22-8-6-7-19(22)5)21-13-17(3)10-18(4)14-21/h7-14,23H,6H2,1-5H3. The van der Waals surface area contributed by atoms with Crippen LogP contribution in [-0.2, 0) is 0 Å². The fourth-order valence-corrected chi connectivity index (χ4v) is 7.66. The van der Waals surface area contributed by atoms with Crippen molar-refractivity contribution in [1.82, 2.24) is 0 Å². The molecule has 0 radical (unpaired) electrons. The van der Waals surface area contributed by atoms with Crippen LogP contribution in [0.3, 0.4) is 0 Å². The van der Waals surface area contributed by atoms with Crippen LogP contribution in [0.15, 0.2) is 59.3 Å². The summed E-state index contributed by atoms with van der Waals surface area (Å²) in [4.78, 5) is 0. The third-order valence-electron chi connectivity index (χ3n) is 4.68. The summed E-state index contributed by atoms with van der Waals surface area (Å²) in [5, 5.41) is 4.71. The lowest BCUT2D eigenvalue weighted by atomic mass is 10.2. The Hall–Kier alpha value is -1.86. The Kier molecular flexibility index (Phi) is 4.41. The summed E-state index contributed by atoms with van der Waals surface area (Å²) < 4.78 is 0. The van der Waals surface area contributed by atoms with Gasteiger partial charge in [-0.25, -0.2) is 0 Å². The van der Waals surface area contributed by atoms with Gasteiger partial charge in [-0.1, -0.05) is 91.9 Å². The summed E-state index contributed by atoms with van der Waals surface area (Å²) in [6.07, 6.45) is 5.93. The monoisotopic (exact) mass is 318 g/mol. The van der Waals surface area contributed by atoms with Crippen LogP contribution in [0.2, 0.25) is 0 Å². The molecule has 118 valence electrons. The Labute approximate surface area is 142 Å². The molecule has 0 fully saturated rings. The Morgan fingerprint density at radius 3 is 1.39 bits per heavy atom. The Bertz CT molecular complexity index is 717. The second-order valence-corrected chi connectivity index (χ2v) is 9.88. The van der Waals surface area contributed by atoms with Crippen molar-refractivity contribution in [3.05, 3.63) is 81.6 Å². The van der Waals surface area contributed by atoms with E-state index in [-0.39, 0.29) is 0 Å². The van der Waals surface area contributed by atoms with Crippen molar-refractivity contribution in [2.75, 3.05) is 0 Å². The van der Waals surface area contributed by atoms with Gasteiger partial charge < -0.3 is 0 Å². The van der Waals surface area contributed by atoms with Crippen molar-refractivity contribution in [3.8, 4) is 0 Å². The van der Waals surface area contributed by atoms with Gasteiger partial charge in [0.05, 0.1) is 0 Å². The average Bonchev–Trinajstić information content (AvgIpc) is 2.83. The van der Waals surface area contributed by atoms with Crippen molar-refractivity contribution in [2.45, 2.75) is 41.0 Å². The van der Waals surface area contributed by atoms with Crippen LogP contribution in [0.1, 0.15) is 35.6 Å².